The number of likely N-dealkylation sites (tertiary alicyclic amines) is 1. The van der Waals surface area contributed by atoms with E-state index in [0.29, 0.717) is 24.3 Å². The number of carbonyl (C=O) groups excluding carboxylic acids is 1. The Hall–Kier alpha value is -1.60. The van der Waals surface area contributed by atoms with E-state index in [9.17, 15) is 4.79 Å². The van der Waals surface area contributed by atoms with E-state index in [1.807, 2.05) is 6.07 Å². The lowest BCUT2D eigenvalue weighted by Gasteiger charge is -2.14. The van der Waals surface area contributed by atoms with Crippen LogP contribution in [0.15, 0.2) is 18.3 Å². The third-order valence-corrected chi connectivity index (χ3v) is 2.89. The number of rotatable bonds is 1. The van der Waals surface area contributed by atoms with Gasteiger partial charge in [0.05, 0.1) is 10.9 Å². The topological polar surface area (TPSA) is 57.0 Å². The molecule has 0 aromatic carbocycles. The minimum absolute atomic E-state index is 0.0438. The van der Waals surface area contributed by atoms with Gasteiger partial charge in [-0.05, 0) is 18.6 Å². The summed E-state index contributed by atoms with van der Waals surface area (Å²) in [7, 11) is 0. The molecule has 2 rings (SSSR count). The molecular weight excluding hydrogens is 226 g/mol. The molecule has 1 amide bonds. The summed E-state index contributed by atoms with van der Waals surface area (Å²) in [6.07, 6.45) is 2.23. The van der Waals surface area contributed by atoms with Crippen LogP contribution in [0.4, 0.5) is 0 Å². The average Bonchev–Trinajstić information content (AvgIpc) is 2.75. The largest absolute Gasteiger partial charge is 0.336 e. The van der Waals surface area contributed by atoms with Crippen LogP contribution in [0.5, 0.6) is 0 Å². The molecule has 1 unspecified atom stereocenters. The van der Waals surface area contributed by atoms with Crippen molar-refractivity contribution < 1.29 is 4.79 Å². The fourth-order valence-corrected chi connectivity index (χ4v) is 1.91. The summed E-state index contributed by atoms with van der Waals surface area (Å²) in [5.41, 5.74) is 0.818. The van der Waals surface area contributed by atoms with Crippen molar-refractivity contribution in [1.29, 1.82) is 5.26 Å². The summed E-state index contributed by atoms with van der Waals surface area (Å²) >= 11 is 5.93. The molecule has 1 saturated heterocycles. The van der Waals surface area contributed by atoms with Gasteiger partial charge in [-0.15, -0.1) is 11.6 Å². The number of halogens is 1. The summed E-state index contributed by atoms with van der Waals surface area (Å²) < 4.78 is 0. The Morgan fingerprint density at radius 1 is 1.62 bits per heavy atom. The van der Waals surface area contributed by atoms with Gasteiger partial charge < -0.3 is 4.90 Å². The van der Waals surface area contributed by atoms with Gasteiger partial charge in [0.15, 0.2) is 0 Å². The molecule has 1 aliphatic heterocycles. The first kappa shape index (κ1) is 10.9. The molecule has 0 spiro atoms. The van der Waals surface area contributed by atoms with Crippen LogP contribution in [0.2, 0.25) is 0 Å². The van der Waals surface area contributed by atoms with Gasteiger partial charge in [-0.3, -0.25) is 4.79 Å². The highest BCUT2D eigenvalue weighted by Crippen LogP contribution is 2.16. The zero-order valence-electron chi connectivity index (χ0n) is 8.56. The maximum atomic E-state index is 11.9. The molecule has 0 bridgehead atoms. The second-order valence-corrected chi connectivity index (χ2v) is 4.30. The Labute approximate surface area is 98.5 Å². The molecule has 16 heavy (non-hydrogen) atoms. The van der Waals surface area contributed by atoms with Crippen LogP contribution in [0.25, 0.3) is 0 Å². The number of carbonyl (C=O) groups is 1. The fourth-order valence-electron chi connectivity index (χ4n) is 1.65. The molecule has 0 saturated carbocycles. The molecule has 0 N–H and O–H groups in total. The molecule has 5 heteroatoms. The highest BCUT2D eigenvalue weighted by Gasteiger charge is 2.25. The molecule has 1 aliphatic rings. The van der Waals surface area contributed by atoms with Crippen LogP contribution in [-0.2, 0) is 0 Å². The molecule has 82 valence electrons. The number of nitrogens with zero attached hydrogens (tertiary/aromatic N) is 3. The van der Waals surface area contributed by atoms with Crippen molar-refractivity contribution in [3.05, 3.63) is 29.6 Å². The number of hydrogen-bond acceptors (Lipinski definition) is 3. The Morgan fingerprint density at radius 2 is 2.44 bits per heavy atom. The van der Waals surface area contributed by atoms with Crippen molar-refractivity contribution in [3.8, 4) is 6.07 Å². The second-order valence-electron chi connectivity index (χ2n) is 3.68. The van der Waals surface area contributed by atoms with Gasteiger partial charge in [-0.25, -0.2) is 4.98 Å². The van der Waals surface area contributed by atoms with E-state index in [1.54, 1.807) is 17.0 Å². The lowest BCUT2D eigenvalue weighted by molar-refractivity contribution is 0.0787. The highest BCUT2D eigenvalue weighted by atomic mass is 35.5. The third kappa shape index (κ3) is 2.15. The molecule has 0 aliphatic carbocycles. The Bertz CT molecular complexity index is 438. The maximum absolute atomic E-state index is 11.9. The van der Waals surface area contributed by atoms with Crippen molar-refractivity contribution >= 4 is 17.5 Å². The number of nitriles is 1. The predicted molar refractivity (Wildman–Crippen MR) is 59.1 cm³/mol. The first-order chi connectivity index (χ1) is 7.70. The van der Waals surface area contributed by atoms with Crippen molar-refractivity contribution in [3.63, 3.8) is 0 Å². The van der Waals surface area contributed by atoms with Crippen LogP contribution >= 0.6 is 11.6 Å². The van der Waals surface area contributed by atoms with E-state index < -0.39 is 0 Å². The summed E-state index contributed by atoms with van der Waals surface area (Å²) in [4.78, 5) is 17.6. The number of amides is 1. The van der Waals surface area contributed by atoms with E-state index in [-0.39, 0.29) is 11.3 Å². The van der Waals surface area contributed by atoms with Crippen molar-refractivity contribution in [1.82, 2.24) is 9.88 Å². The minimum Gasteiger partial charge on any atom is -0.336 e. The number of pyridine rings is 1. The summed E-state index contributed by atoms with van der Waals surface area (Å²) in [6, 6.07) is 5.12. The molecule has 0 radical (unpaired) electrons. The molecule has 2 heterocycles. The van der Waals surface area contributed by atoms with Crippen molar-refractivity contribution in [2.45, 2.75) is 11.8 Å². The van der Waals surface area contributed by atoms with Crippen LogP contribution < -0.4 is 0 Å². The standard InChI is InChI=1S/C11H10ClN3O/c12-9-3-4-15(7-9)11(16)10-2-1-8(5-13)6-14-10/h1-2,6,9H,3-4,7H2. The monoisotopic (exact) mass is 235 g/mol. The van der Waals surface area contributed by atoms with E-state index in [4.69, 9.17) is 16.9 Å². The van der Waals surface area contributed by atoms with Crippen LogP contribution in [0, 0.1) is 11.3 Å². The van der Waals surface area contributed by atoms with Crippen molar-refractivity contribution in [2.75, 3.05) is 13.1 Å². The molecule has 1 aromatic rings. The number of aromatic nitrogens is 1. The lowest BCUT2D eigenvalue weighted by atomic mass is 10.2. The van der Waals surface area contributed by atoms with Gasteiger partial charge in [-0.1, -0.05) is 0 Å². The Kier molecular flexibility index (Phi) is 3.07. The number of alkyl halides is 1. The van der Waals surface area contributed by atoms with E-state index in [2.05, 4.69) is 4.98 Å². The quantitative estimate of drug-likeness (QED) is 0.692. The van der Waals surface area contributed by atoms with Crippen LogP contribution in [0.1, 0.15) is 22.5 Å². The first-order valence-electron chi connectivity index (χ1n) is 5.00. The van der Waals surface area contributed by atoms with E-state index >= 15 is 0 Å². The van der Waals surface area contributed by atoms with Gasteiger partial charge in [0.25, 0.3) is 5.91 Å². The molecule has 1 aromatic heterocycles. The van der Waals surface area contributed by atoms with Crippen LogP contribution in [-0.4, -0.2) is 34.3 Å². The number of hydrogen-bond donors (Lipinski definition) is 0. The van der Waals surface area contributed by atoms with Gasteiger partial charge >= 0.3 is 0 Å². The predicted octanol–water partition coefficient (Wildman–Crippen LogP) is 1.41. The van der Waals surface area contributed by atoms with Gasteiger partial charge in [0, 0.05) is 19.3 Å². The maximum Gasteiger partial charge on any atom is 0.272 e. The summed E-state index contributed by atoms with van der Waals surface area (Å²) in [5.74, 6) is -0.118. The second kappa shape index (κ2) is 4.50. The van der Waals surface area contributed by atoms with Crippen LogP contribution in [0.3, 0.4) is 0 Å². The fraction of sp³-hybridized carbons (Fsp3) is 0.364. The summed E-state index contributed by atoms with van der Waals surface area (Å²) in [6.45, 7) is 1.25. The molecule has 4 nitrogen and oxygen atoms in total. The van der Waals surface area contributed by atoms with Crippen molar-refractivity contribution in [2.24, 2.45) is 0 Å². The van der Waals surface area contributed by atoms with Gasteiger partial charge in [0.1, 0.15) is 11.8 Å². The zero-order chi connectivity index (χ0) is 11.5. The molecule has 1 fully saturated rings. The third-order valence-electron chi connectivity index (χ3n) is 2.53. The van der Waals surface area contributed by atoms with Gasteiger partial charge in [-0.2, -0.15) is 5.26 Å². The Balaban J connectivity index is 2.12. The normalized spacial score (nSPS) is 19.5. The molecular formula is C11H10ClN3O. The van der Waals surface area contributed by atoms with E-state index in [0.717, 1.165) is 6.42 Å². The van der Waals surface area contributed by atoms with E-state index in [1.165, 1.54) is 6.20 Å². The highest BCUT2D eigenvalue weighted by molar-refractivity contribution is 6.21. The smallest absolute Gasteiger partial charge is 0.272 e. The first-order valence-corrected chi connectivity index (χ1v) is 5.44. The molecule has 1 atom stereocenters. The lowest BCUT2D eigenvalue weighted by Crippen LogP contribution is -2.29. The summed E-state index contributed by atoms with van der Waals surface area (Å²) in [5, 5.41) is 8.65. The Morgan fingerprint density at radius 3 is 2.94 bits per heavy atom. The minimum atomic E-state index is -0.118. The zero-order valence-corrected chi connectivity index (χ0v) is 9.31. The average molecular weight is 236 g/mol. The van der Waals surface area contributed by atoms with Gasteiger partial charge in [0.2, 0.25) is 0 Å². The SMILES string of the molecule is N#Cc1ccc(C(=O)N2CCC(Cl)C2)nc1.